The zero-order valence-electron chi connectivity index (χ0n) is 27.8. The zero-order valence-corrected chi connectivity index (χ0v) is 27.8. The predicted octanol–water partition coefficient (Wildman–Crippen LogP) is 8.01. The number of carbonyl (C=O) groups is 1. The van der Waals surface area contributed by atoms with Gasteiger partial charge in [0.1, 0.15) is 6.61 Å². The third-order valence-electron chi connectivity index (χ3n) is 14.5. The van der Waals surface area contributed by atoms with Crippen LogP contribution in [0.4, 0.5) is 0 Å². The van der Waals surface area contributed by atoms with Gasteiger partial charge in [0.05, 0.1) is 23.4 Å². The number of aliphatic hydroxyl groups is 1. The molecule has 1 N–H and O–H groups in total. The summed E-state index contributed by atoms with van der Waals surface area (Å²) < 4.78 is 6.19. The van der Waals surface area contributed by atoms with Gasteiger partial charge in [0.25, 0.3) is 0 Å². The van der Waals surface area contributed by atoms with Crippen LogP contribution in [-0.4, -0.2) is 27.7 Å². The summed E-state index contributed by atoms with van der Waals surface area (Å²) in [6.45, 7) is 15.1. The molecule has 0 amide bonds. The molecule has 5 aliphatic carbocycles. The molecule has 0 unspecified atom stereocenters. The van der Waals surface area contributed by atoms with Crippen LogP contribution in [-0.2, 0) is 28.0 Å². The SMILES string of the molecule is CC1(C)CC[C@]2(C(=O)OCc3ccccc3)CC[C@]3(C)C(=CC[C@@H]4[C@@]5(C)Cc6nccnc6[C@@](C)(CO)[C@@H]5CC[C@]43C)[C@@H]2C1. The molecule has 5 nitrogen and oxygen atoms in total. The summed E-state index contributed by atoms with van der Waals surface area (Å²) in [5, 5.41) is 10.9. The van der Waals surface area contributed by atoms with Gasteiger partial charge in [-0.25, -0.2) is 0 Å². The number of aliphatic hydroxyl groups excluding tert-OH is 1. The van der Waals surface area contributed by atoms with Crippen molar-refractivity contribution in [2.75, 3.05) is 6.61 Å². The van der Waals surface area contributed by atoms with E-state index in [1.54, 1.807) is 11.8 Å². The third kappa shape index (κ3) is 4.02. The fraction of sp³-hybridized carbons (Fsp3) is 0.667. The molecule has 8 atom stereocenters. The smallest absolute Gasteiger partial charge is 0.313 e. The maximum atomic E-state index is 14.3. The third-order valence-corrected chi connectivity index (χ3v) is 14.5. The highest BCUT2D eigenvalue weighted by molar-refractivity contribution is 5.79. The Morgan fingerprint density at radius 3 is 2.41 bits per heavy atom. The first kappa shape index (κ1) is 30.1. The second-order valence-electron chi connectivity index (χ2n) is 17.0. The molecule has 0 bridgehead atoms. The van der Waals surface area contributed by atoms with Crippen molar-refractivity contribution < 1.29 is 14.6 Å². The number of allylic oxidation sites excluding steroid dienone is 2. The topological polar surface area (TPSA) is 72.3 Å². The van der Waals surface area contributed by atoms with Gasteiger partial charge in [-0.3, -0.25) is 14.8 Å². The molecule has 5 heteroatoms. The van der Waals surface area contributed by atoms with Gasteiger partial charge in [0, 0.05) is 17.8 Å². The van der Waals surface area contributed by atoms with Crippen molar-refractivity contribution in [3.05, 3.63) is 71.3 Å². The Morgan fingerprint density at radius 1 is 0.932 bits per heavy atom. The highest BCUT2D eigenvalue weighted by Crippen LogP contribution is 2.75. The summed E-state index contributed by atoms with van der Waals surface area (Å²) >= 11 is 0. The summed E-state index contributed by atoms with van der Waals surface area (Å²) in [5.41, 5.74) is 4.18. The number of carbonyl (C=O) groups excluding carboxylic acids is 1. The average Bonchev–Trinajstić information content (AvgIpc) is 3.00. The molecule has 1 heterocycles. The van der Waals surface area contributed by atoms with Gasteiger partial charge in [-0.15, -0.1) is 0 Å². The second kappa shape index (κ2) is 9.98. The fourth-order valence-electron chi connectivity index (χ4n) is 11.8. The fourth-order valence-corrected chi connectivity index (χ4v) is 11.8. The van der Waals surface area contributed by atoms with Gasteiger partial charge >= 0.3 is 5.97 Å². The van der Waals surface area contributed by atoms with E-state index >= 15 is 0 Å². The van der Waals surface area contributed by atoms with Crippen LogP contribution in [0.1, 0.15) is 110 Å². The average molecular weight is 597 g/mol. The minimum Gasteiger partial charge on any atom is -0.460 e. The molecule has 44 heavy (non-hydrogen) atoms. The first-order valence-electron chi connectivity index (χ1n) is 17.2. The summed E-state index contributed by atoms with van der Waals surface area (Å²) in [6.07, 6.45) is 15.3. The van der Waals surface area contributed by atoms with Crippen molar-refractivity contribution in [1.29, 1.82) is 0 Å². The number of hydrogen-bond acceptors (Lipinski definition) is 5. The molecule has 0 spiro atoms. The van der Waals surface area contributed by atoms with Crippen LogP contribution in [0.15, 0.2) is 54.4 Å². The molecule has 2 aromatic rings. The number of benzene rings is 1. The Morgan fingerprint density at radius 2 is 1.66 bits per heavy atom. The first-order valence-corrected chi connectivity index (χ1v) is 17.2. The number of esters is 1. The van der Waals surface area contributed by atoms with E-state index in [4.69, 9.17) is 14.7 Å². The van der Waals surface area contributed by atoms with Crippen molar-refractivity contribution in [3.8, 4) is 0 Å². The molecule has 0 aliphatic heterocycles. The molecule has 0 saturated heterocycles. The predicted molar refractivity (Wildman–Crippen MR) is 172 cm³/mol. The Labute approximate surface area is 264 Å². The van der Waals surface area contributed by atoms with Crippen LogP contribution in [0.3, 0.4) is 0 Å². The van der Waals surface area contributed by atoms with Crippen molar-refractivity contribution in [2.24, 2.45) is 44.8 Å². The van der Waals surface area contributed by atoms with Crippen molar-refractivity contribution in [2.45, 2.75) is 111 Å². The van der Waals surface area contributed by atoms with Gasteiger partial charge in [-0.2, -0.15) is 0 Å². The molecule has 5 aliphatic rings. The largest absolute Gasteiger partial charge is 0.460 e. The zero-order chi connectivity index (χ0) is 31.2. The van der Waals surface area contributed by atoms with Gasteiger partial charge < -0.3 is 9.84 Å². The van der Waals surface area contributed by atoms with Gasteiger partial charge in [-0.1, -0.05) is 83.5 Å². The number of nitrogens with zero attached hydrogens (tertiary/aromatic N) is 2. The lowest BCUT2D eigenvalue weighted by Crippen LogP contribution is -2.65. The number of ether oxygens (including phenoxy) is 1. The molecular weight excluding hydrogens is 544 g/mol. The number of aromatic nitrogens is 2. The van der Waals surface area contributed by atoms with E-state index < -0.39 is 5.41 Å². The minimum absolute atomic E-state index is 0.00748. The Hall–Kier alpha value is -2.53. The van der Waals surface area contributed by atoms with E-state index in [1.807, 2.05) is 36.5 Å². The molecule has 1 aromatic carbocycles. The second-order valence-corrected chi connectivity index (χ2v) is 17.0. The van der Waals surface area contributed by atoms with Gasteiger partial charge in [-0.05, 0) is 103 Å². The van der Waals surface area contributed by atoms with E-state index in [-0.39, 0.29) is 45.6 Å². The maximum Gasteiger partial charge on any atom is 0.313 e. The van der Waals surface area contributed by atoms with Crippen LogP contribution >= 0.6 is 0 Å². The van der Waals surface area contributed by atoms with Crippen molar-refractivity contribution in [1.82, 2.24) is 9.97 Å². The minimum atomic E-state index is -0.436. The quantitative estimate of drug-likeness (QED) is 0.286. The van der Waals surface area contributed by atoms with Crippen LogP contribution in [0.25, 0.3) is 0 Å². The lowest BCUT2D eigenvalue weighted by Gasteiger charge is -2.70. The number of rotatable bonds is 4. The number of fused-ring (bicyclic) bond motifs is 8. The van der Waals surface area contributed by atoms with Crippen molar-refractivity contribution in [3.63, 3.8) is 0 Å². The molecule has 3 fully saturated rings. The van der Waals surface area contributed by atoms with Crippen LogP contribution in [0.5, 0.6) is 0 Å². The van der Waals surface area contributed by atoms with E-state index in [0.717, 1.165) is 74.7 Å². The van der Waals surface area contributed by atoms with Gasteiger partial charge in [0.15, 0.2) is 0 Å². The molecule has 236 valence electrons. The van der Waals surface area contributed by atoms with Crippen molar-refractivity contribution >= 4 is 5.97 Å². The standard InChI is InChI=1S/C39H52N2O3/c1-34(2)16-18-39(33(43)44-24-26-10-8-7-9-11-26)19-17-37(5)27(28(39)22-34)12-13-31-35(3)23-29-32(41-21-20-40-29)36(4,25-42)30(35)14-15-38(31,37)6/h7-12,20-21,28,30-31,42H,13-19,22-25H2,1-6H3/t28-,30+,31+,35-,36-,37+,38+,39-/m0/s1. The van der Waals surface area contributed by atoms with Crippen LogP contribution in [0, 0.1) is 44.8 Å². The Balaban J connectivity index is 1.27. The maximum absolute atomic E-state index is 14.3. The van der Waals surface area contributed by atoms with E-state index in [1.165, 1.54) is 0 Å². The summed E-state index contributed by atoms with van der Waals surface area (Å²) in [5.74, 6) is 1.06. The van der Waals surface area contributed by atoms with Gasteiger partial charge in [0.2, 0.25) is 0 Å². The molecule has 1 aromatic heterocycles. The Kier molecular flexibility index (Phi) is 6.84. The summed E-state index contributed by atoms with van der Waals surface area (Å²) in [7, 11) is 0. The van der Waals surface area contributed by atoms with E-state index in [0.29, 0.717) is 18.4 Å². The van der Waals surface area contributed by atoms with E-state index in [2.05, 4.69) is 47.6 Å². The highest BCUT2D eigenvalue weighted by atomic mass is 16.5. The summed E-state index contributed by atoms with van der Waals surface area (Å²) in [4.78, 5) is 23.9. The molecule has 3 saturated carbocycles. The highest BCUT2D eigenvalue weighted by Gasteiger charge is 2.69. The molecular formula is C39H52N2O3. The monoisotopic (exact) mass is 596 g/mol. The molecule has 0 radical (unpaired) electrons. The number of hydrogen-bond donors (Lipinski definition) is 1. The van der Waals surface area contributed by atoms with Crippen LogP contribution < -0.4 is 0 Å². The van der Waals surface area contributed by atoms with Crippen LogP contribution in [0.2, 0.25) is 0 Å². The first-order chi connectivity index (χ1) is 20.8. The normalized spacial score (nSPS) is 42.0. The Bertz CT molecular complexity index is 1490. The summed E-state index contributed by atoms with van der Waals surface area (Å²) in [6, 6.07) is 10.1. The lowest BCUT2D eigenvalue weighted by molar-refractivity contribution is -0.184. The molecule has 7 rings (SSSR count). The van der Waals surface area contributed by atoms with E-state index in [9.17, 15) is 9.90 Å². The lowest BCUT2D eigenvalue weighted by atomic mass is 9.33.